The first-order valence-electron chi connectivity index (χ1n) is 6.40. The van der Waals surface area contributed by atoms with Crippen molar-refractivity contribution in [3.05, 3.63) is 64.7 Å². The average Bonchev–Trinajstić information content (AvgIpc) is 2.80. The van der Waals surface area contributed by atoms with Crippen LogP contribution in [0.15, 0.2) is 36.4 Å². The van der Waals surface area contributed by atoms with Crippen LogP contribution < -0.4 is 4.74 Å². The number of hydrogen-bond donors (Lipinski definition) is 1. The Bertz CT molecular complexity index is 670. The Hall–Kier alpha value is -1.94. The number of aliphatic hydroxyl groups is 1. The molecule has 0 aromatic heterocycles. The highest BCUT2D eigenvalue weighted by atomic mass is 19.2. The number of methoxy groups -OCH3 is 1. The average molecular weight is 276 g/mol. The molecule has 4 heteroatoms. The van der Waals surface area contributed by atoms with Crippen molar-refractivity contribution in [2.45, 2.75) is 18.4 Å². The smallest absolute Gasteiger partial charge is 0.159 e. The van der Waals surface area contributed by atoms with Crippen LogP contribution in [0.5, 0.6) is 5.75 Å². The molecule has 3 rings (SSSR count). The fraction of sp³-hybridized carbons (Fsp3) is 0.250. The molecule has 1 aliphatic rings. The zero-order chi connectivity index (χ0) is 14.3. The van der Waals surface area contributed by atoms with Crippen molar-refractivity contribution in [2.75, 3.05) is 7.11 Å². The fourth-order valence-corrected chi connectivity index (χ4v) is 2.79. The zero-order valence-corrected chi connectivity index (χ0v) is 11.0. The topological polar surface area (TPSA) is 29.5 Å². The second kappa shape index (κ2) is 4.56. The molecule has 0 saturated carbocycles. The lowest BCUT2D eigenvalue weighted by Crippen LogP contribution is -2.24. The lowest BCUT2D eigenvalue weighted by molar-refractivity contribution is 0.0822. The summed E-state index contributed by atoms with van der Waals surface area (Å²) in [7, 11) is 1.55. The predicted molar refractivity (Wildman–Crippen MR) is 70.7 cm³/mol. The van der Waals surface area contributed by atoms with Crippen LogP contribution in [-0.4, -0.2) is 12.2 Å². The molecular weight excluding hydrogens is 262 g/mol. The van der Waals surface area contributed by atoms with Gasteiger partial charge in [0, 0.05) is 0 Å². The molecule has 2 aromatic carbocycles. The van der Waals surface area contributed by atoms with Crippen LogP contribution in [0.4, 0.5) is 8.78 Å². The van der Waals surface area contributed by atoms with Crippen LogP contribution in [0, 0.1) is 11.6 Å². The van der Waals surface area contributed by atoms with Gasteiger partial charge < -0.3 is 9.84 Å². The van der Waals surface area contributed by atoms with E-state index in [1.165, 1.54) is 6.07 Å². The minimum atomic E-state index is -1.29. The van der Waals surface area contributed by atoms with E-state index in [2.05, 4.69) is 0 Å². The first-order valence-corrected chi connectivity index (χ1v) is 6.40. The highest BCUT2D eigenvalue weighted by Crippen LogP contribution is 2.43. The third kappa shape index (κ3) is 1.88. The summed E-state index contributed by atoms with van der Waals surface area (Å²) in [6.07, 6.45) is 1.13. The van der Waals surface area contributed by atoms with Crippen molar-refractivity contribution in [3.63, 3.8) is 0 Å². The summed E-state index contributed by atoms with van der Waals surface area (Å²) in [5, 5.41) is 10.9. The number of aryl methyl sites for hydroxylation is 1. The van der Waals surface area contributed by atoms with Crippen LogP contribution >= 0.6 is 0 Å². The minimum absolute atomic E-state index is 0.364. The van der Waals surface area contributed by atoms with Crippen molar-refractivity contribution in [3.8, 4) is 5.75 Å². The van der Waals surface area contributed by atoms with Gasteiger partial charge in [-0.25, -0.2) is 8.78 Å². The molecule has 104 valence electrons. The number of ether oxygens (including phenoxy) is 1. The maximum Gasteiger partial charge on any atom is 0.159 e. The molecule has 20 heavy (non-hydrogen) atoms. The molecule has 0 radical (unpaired) electrons. The van der Waals surface area contributed by atoms with Crippen LogP contribution in [0.1, 0.15) is 23.1 Å². The normalized spacial score (nSPS) is 20.8. The third-order valence-electron chi connectivity index (χ3n) is 3.92. The SMILES string of the molecule is COc1ccc2c(c1)C(O)(c1ccc(F)c(F)c1)CC2. The quantitative estimate of drug-likeness (QED) is 0.913. The van der Waals surface area contributed by atoms with E-state index in [-0.39, 0.29) is 0 Å². The van der Waals surface area contributed by atoms with Crippen molar-refractivity contribution >= 4 is 0 Å². The van der Waals surface area contributed by atoms with Crippen LogP contribution in [0.25, 0.3) is 0 Å². The molecule has 1 unspecified atom stereocenters. The summed E-state index contributed by atoms with van der Waals surface area (Å²) in [6, 6.07) is 9.00. The van der Waals surface area contributed by atoms with Gasteiger partial charge in [0.1, 0.15) is 11.4 Å². The Morgan fingerprint density at radius 3 is 2.60 bits per heavy atom. The van der Waals surface area contributed by atoms with Gasteiger partial charge in [0.05, 0.1) is 7.11 Å². The summed E-state index contributed by atoms with van der Waals surface area (Å²) in [5.74, 6) is -1.24. The van der Waals surface area contributed by atoms with Gasteiger partial charge in [0.25, 0.3) is 0 Å². The van der Waals surface area contributed by atoms with Gasteiger partial charge in [0.2, 0.25) is 0 Å². The summed E-state index contributed by atoms with van der Waals surface area (Å²) in [4.78, 5) is 0. The maximum absolute atomic E-state index is 13.4. The summed E-state index contributed by atoms with van der Waals surface area (Å²) >= 11 is 0. The largest absolute Gasteiger partial charge is 0.497 e. The molecule has 0 spiro atoms. The van der Waals surface area contributed by atoms with Gasteiger partial charge in [-0.05, 0) is 53.8 Å². The first kappa shape index (κ1) is 13.1. The van der Waals surface area contributed by atoms with Crippen LogP contribution in [-0.2, 0) is 12.0 Å². The van der Waals surface area contributed by atoms with Gasteiger partial charge in [-0.2, -0.15) is 0 Å². The molecular formula is C16H14F2O2. The molecule has 0 saturated heterocycles. The predicted octanol–water partition coefficient (Wildman–Crippen LogP) is 3.16. The second-order valence-corrected chi connectivity index (χ2v) is 5.01. The van der Waals surface area contributed by atoms with E-state index in [9.17, 15) is 13.9 Å². The van der Waals surface area contributed by atoms with Gasteiger partial charge in [-0.3, -0.25) is 0 Å². The highest BCUT2D eigenvalue weighted by Gasteiger charge is 2.39. The number of hydrogen-bond acceptors (Lipinski definition) is 2. The summed E-state index contributed by atoms with van der Waals surface area (Å²) in [5.41, 5.74) is 0.766. The van der Waals surface area contributed by atoms with Crippen molar-refractivity contribution in [2.24, 2.45) is 0 Å². The Balaban J connectivity index is 2.13. The Labute approximate surface area is 115 Å². The summed E-state index contributed by atoms with van der Waals surface area (Å²) < 4.78 is 31.6. The molecule has 0 heterocycles. The summed E-state index contributed by atoms with van der Waals surface area (Å²) in [6.45, 7) is 0. The molecule has 0 bridgehead atoms. The standard InChI is InChI=1S/C16H14F2O2/c1-20-12-4-2-10-6-7-16(19,13(10)9-12)11-3-5-14(17)15(18)8-11/h2-5,8-9,19H,6-7H2,1H3. The molecule has 0 fully saturated rings. The van der Waals surface area contributed by atoms with Gasteiger partial charge >= 0.3 is 0 Å². The third-order valence-corrected chi connectivity index (χ3v) is 3.92. The van der Waals surface area contributed by atoms with Gasteiger partial charge in [-0.15, -0.1) is 0 Å². The van der Waals surface area contributed by atoms with Crippen molar-refractivity contribution in [1.29, 1.82) is 0 Å². The van der Waals surface area contributed by atoms with Crippen LogP contribution in [0.3, 0.4) is 0 Å². The molecule has 1 atom stereocenters. The number of halogens is 2. The molecule has 1 aliphatic carbocycles. The second-order valence-electron chi connectivity index (χ2n) is 5.01. The Morgan fingerprint density at radius 1 is 1.10 bits per heavy atom. The van der Waals surface area contributed by atoms with Gasteiger partial charge in [-0.1, -0.05) is 12.1 Å². The Kier molecular flexibility index (Phi) is 2.98. The minimum Gasteiger partial charge on any atom is -0.497 e. The lowest BCUT2D eigenvalue weighted by Gasteiger charge is -2.25. The Morgan fingerprint density at radius 2 is 1.90 bits per heavy atom. The van der Waals surface area contributed by atoms with E-state index in [1.54, 1.807) is 13.2 Å². The molecule has 0 aliphatic heterocycles. The molecule has 1 N–H and O–H groups in total. The molecule has 2 aromatic rings. The van der Waals surface area contributed by atoms with E-state index in [4.69, 9.17) is 4.74 Å². The van der Waals surface area contributed by atoms with E-state index in [0.29, 0.717) is 29.7 Å². The number of benzene rings is 2. The van der Waals surface area contributed by atoms with E-state index in [0.717, 1.165) is 17.7 Å². The number of fused-ring (bicyclic) bond motifs is 1. The fourth-order valence-electron chi connectivity index (χ4n) is 2.79. The highest BCUT2D eigenvalue weighted by molar-refractivity contribution is 5.48. The molecule has 2 nitrogen and oxygen atoms in total. The zero-order valence-electron chi connectivity index (χ0n) is 11.0. The van der Waals surface area contributed by atoms with Crippen molar-refractivity contribution < 1.29 is 18.6 Å². The monoisotopic (exact) mass is 276 g/mol. The number of rotatable bonds is 2. The van der Waals surface area contributed by atoms with E-state index < -0.39 is 17.2 Å². The maximum atomic E-state index is 13.4. The van der Waals surface area contributed by atoms with Crippen molar-refractivity contribution in [1.82, 2.24) is 0 Å². The lowest BCUT2D eigenvalue weighted by atomic mass is 9.87. The van der Waals surface area contributed by atoms with Crippen LogP contribution in [0.2, 0.25) is 0 Å². The van der Waals surface area contributed by atoms with E-state index in [1.807, 2.05) is 12.1 Å². The van der Waals surface area contributed by atoms with Gasteiger partial charge in [0.15, 0.2) is 11.6 Å². The molecule has 0 amide bonds. The first-order chi connectivity index (χ1) is 9.54. The van der Waals surface area contributed by atoms with E-state index >= 15 is 0 Å².